The van der Waals surface area contributed by atoms with Crippen LogP contribution < -0.4 is 30.3 Å². The summed E-state index contributed by atoms with van der Waals surface area (Å²) in [5, 5.41) is 8.15. The van der Waals surface area contributed by atoms with Crippen LogP contribution in [0.1, 0.15) is 80.4 Å². The fraction of sp³-hybridized carbons (Fsp3) is 0.308. The van der Waals surface area contributed by atoms with E-state index in [9.17, 15) is 36.0 Å². The Morgan fingerprint density at radius 3 is 1.55 bits per heavy atom. The minimum atomic E-state index is -3.56. The molecule has 22 nitrogen and oxygen atoms in total. The minimum absolute atomic E-state index is 0.123. The molecule has 8 aromatic rings. The Bertz CT molecular complexity index is 4000. The number of halogens is 3. The second-order valence-corrected chi connectivity index (χ2v) is 27.1. The second kappa shape index (κ2) is 34.2. The molecule has 486 valence electrons. The average Bonchev–Trinajstić information content (AvgIpc) is 2.08. The number of aromatic nitrogens is 4. The summed E-state index contributed by atoms with van der Waals surface area (Å²) in [6.07, 6.45) is 8.12. The molecule has 2 saturated heterocycles. The maximum absolute atomic E-state index is 13.3. The molecule has 0 bridgehead atoms. The monoisotopic (exact) mass is 1350 g/mol. The third-order valence-corrected chi connectivity index (χ3v) is 19.0. The topological polar surface area (TPSA) is 278 Å². The molecule has 3 amide bonds. The van der Waals surface area contributed by atoms with E-state index in [0.717, 1.165) is 35.6 Å². The highest BCUT2D eigenvalue weighted by molar-refractivity contribution is 7.91. The molecule has 2 aliphatic rings. The van der Waals surface area contributed by atoms with Gasteiger partial charge in [-0.25, -0.2) is 41.0 Å². The van der Waals surface area contributed by atoms with Gasteiger partial charge in [0, 0.05) is 117 Å². The largest absolute Gasteiger partial charge is 0.441 e. The molecule has 0 spiro atoms. The molecular formula is C65H72Cl3N10O12S2+. The van der Waals surface area contributed by atoms with Crippen LogP contribution >= 0.6 is 34.8 Å². The zero-order valence-corrected chi connectivity index (χ0v) is 55.3. The van der Waals surface area contributed by atoms with Crippen molar-refractivity contribution >= 4 is 95.9 Å². The molecule has 92 heavy (non-hydrogen) atoms. The average molecular weight is 1360 g/mol. The Balaban J connectivity index is 0.000000217. The number of alkyl halides is 2. The van der Waals surface area contributed by atoms with Crippen LogP contribution in [0.15, 0.2) is 155 Å². The van der Waals surface area contributed by atoms with Crippen molar-refractivity contribution in [2.24, 2.45) is 0 Å². The van der Waals surface area contributed by atoms with Gasteiger partial charge in [-0.3, -0.25) is 19.6 Å². The second-order valence-electron chi connectivity index (χ2n) is 21.4. The molecule has 0 radical (unpaired) electrons. The Kier molecular flexibility index (Phi) is 26.4. The number of benzene rings is 4. The third kappa shape index (κ3) is 21.3. The minimum Gasteiger partial charge on any atom is -0.441 e. The summed E-state index contributed by atoms with van der Waals surface area (Å²) in [4.78, 5) is 68.5. The molecule has 6 heterocycles. The lowest BCUT2D eigenvalue weighted by Crippen LogP contribution is -2.44. The van der Waals surface area contributed by atoms with E-state index in [1.807, 2.05) is 61.5 Å². The highest BCUT2D eigenvalue weighted by atomic mass is 35.5. The predicted molar refractivity (Wildman–Crippen MR) is 355 cm³/mol. The quantitative estimate of drug-likeness (QED) is 0.0311. The van der Waals surface area contributed by atoms with Gasteiger partial charge < -0.3 is 44.1 Å². The molecule has 0 aliphatic carbocycles. The van der Waals surface area contributed by atoms with Gasteiger partial charge in [0.05, 0.1) is 44.8 Å². The number of carbonyl (C=O) groups excluding carboxylic acids is 4. The summed E-state index contributed by atoms with van der Waals surface area (Å²) in [5.41, 5.74) is 5.80. The van der Waals surface area contributed by atoms with E-state index in [0.29, 0.717) is 101 Å². The van der Waals surface area contributed by atoms with Gasteiger partial charge >= 0.3 is 11.5 Å². The Labute approximate surface area is 550 Å². The molecule has 4 aromatic heterocycles. The van der Waals surface area contributed by atoms with Gasteiger partial charge in [0.1, 0.15) is 36.8 Å². The van der Waals surface area contributed by atoms with Gasteiger partial charge in [-0.15, -0.1) is 23.2 Å². The number of anilines is 1. The van der Waals surface area contributed by atoms with Gasteiger partial charge in [-0.2, -0.15) is 0 Å². The molecule has 0 unspecified atom stereocenters. The third-order valence-electron chi connectivity index (χ3n) is 14.6. The van der Waals surface area contributed by atoms with E-state index in [1.165, 1.54) is 4.90 Å². The highest BCUT2D eigenvalue weighted by Gasteiger charge is 2.34. The number of piperidine rings is 2. The summed E-state index contributed by atoms with van der Waals surface area (Å²) in [5.74, 6) is 1.59. The van der Waals surface area contributed by atoms with Gasteiger partial charge in [-0.1, -0.05) is 24.3 Å². The van der Waals surface area contributed by atoms with Crippen LogP contribution in [0.2, 0.25) is 0 Å². The fourth-order valence-corrected chi connectivity index (χ4v) is 13.3. The maximum atomic E-state index is 13.3. The molecule has 3 N–H and O–H groups in total. The highest BCUT2D eigenvalue weighted by Crippen LogP contribution is 2.30. The SMILES string of the molecule is C=[N+](C)c1cccc(OC(=O)Cl)c1.Cc1oc(-c2ccc(C(=O)NCc3cccnc3)cc2)nc1CS(=O)(=O)C1CCN(C(=O)Oc2cccc(N(C)C)c2)CC1.Cc1oc(-c2ccc(C(=O)NCc3cccnc3)cc2)nc1CS(=O)(=O)C1CCNCC1.ClCCl. The van der Waals surface area contributed by atoms with Crippen molar-refractivity contribution in [3.63, 3.8) is 0 Å². The lowest BCUT2D eigenvalue weighted by Gasteiger charge is -2.31. The number of ether oxygens (including phenoxy) is 2. The number of carbonyl (C=O) groups is 4. The zero-order valence-electron chi connectivity index (χ0n) is 51.4. The first-order valence-electron chi connectivity index (χ1n) is 29.0. The number of amides is 3. The van der Waals surface area contributed by atoms with Crippen molar-refractivity contribution in [1.82, 2.24) is 40.8 Å². The number of sulfone groups is 2. The fourth-order valence-electron chi connectivity index (χ4n) is 9.51. The summed E-state index contributed by atoms with van der Waals surface area (Å²) in [7, 11) is -1.26. The first-order chi connectivity index (χ1) is 44.0. The van der Waals surface area contributed by atoms with Gasteiger partial charge in [0.15, 0.2) is 19.7 Å². The summed E-state index contributed by atoms with van der Waals surface area (Å²) < 4.78 is 75.7. The van der Waals surface area contributed by atoms with Crippen LogP contribution in [-0.4, -0.2) is 139 Å². The van der Waals surface area contributed by atoms with Crippen molar-refractivity contribution in [2.45, 2.75) is 74.6 Å². The molecule has 4 aromatic carbocycles. The first kappa shape index (κ1) is 70.9. The standard InChI is InChI=1S/C32H35N5O6S.C23H26N4O4S.C9H9ClNO2.CH2Cl2/c1-22-29(35-31(42-22)25-11-9-24(10-12-25)30(38)34-20-23-6-5-15-33-19-23)21-44(40,41)28-13-16-37(17-14-28)32(39)43-27-8-4-7-26(18-27)36(2)3;1-16-21(15-32(29,30)20-8-11-24-12-9-20)27-23(31-16)19-6-4-18(5-7-19)22(28)26-14-17-3-2-10-25-13-17;1-11(2)7-4-3-5-8(6-7)13-9(10)12;2-1-3/h4-12,15,18-19,28H,13-14,16-17,20-21H2,1-3H3,(H,34,38);2-7,10,13,20,24H,8-9,11-12,14-15H2,1H3,(H,26,28);3-6H,1H2,2H3;1H2/q;;+1;. The zero-order chi connectivity index (χ0) is 66.4. The Hall–Kier alpha value is -8.52. The number of hydrogen-bond donors (Lipinski definition) is 3. The van der Waals surface area contributed by atoms with Crippen molar-refractivity contribution < 1.29 is 58.9 Å². The summed E-state index contributed by atoms with van der Waals surface area (Å²) in [6.45, 7) is 9.85. The molecular weight excluding hydrogens is 1280 g/mol. The van der Waals surface area contributed by atoms with Crippen molar-refractivity contribution in [1.29, 1.82) is 0 Å². The van der Waals surface area contributed by atoms with E-state index < -0.39 is 36.4 Å². The van der Waals surface area contributed by atoms with E-state index in [-0.39, 0.29) is 52.9 Å². The van der Waals surface area contributed by atoms with Gasteiger partial charge in [0.25, 0.3) is 11.8 Å². The van der Waals surface area contributed by atoms with Crippen LogP contribution in [0.3, 0.4) is 0 Å². The van der Waals surface area contributed by atoms with Crippen LogP contribution in [0, 0.1) is 13.8 Å². The number of likely N-dealkylation sites (tertiary alicyclic amines) is 1. The molecule has 2 fully saturated rings. The molecule has 2 aliphatic heterocycles. The summed E-state index contributed by atoms with van der Waals surface area (Å²) in [6, 6.07) is 35.2. The Morgan fingerprint density at radius 2 is 1.12 bits per heavy atom. The number of pyridine rings is 2. The Morgan fingerprint density at radius 1 is 0.663 bits per heavy atom. The normalized spacial score (nSPS) is 13.3. The van der Waals surface area contributed by atoms with Gasteiger partial charge in [-0.05, 0) is 143 Å². The maximum Gasteiger partial charge on any atom is 0.415 e. The number of nitrogens with zero attached hydrogens (tertiary/aromatic N) is 7. The number of hydrogen-bond acceptors (Lipinski definition) is 18. The summed E-state index contributed by atoms with van der Waals surface area (Å²) >= 11 is 14.6. The molecule has 10 rings (SSSR count). The number of nitrogens with one attached hydrogen (secondary N) is 3. The van der Waals surface area contributed by atoms with E-state index in [1.54, 1.807) is 129 Å². The number of oxazole rings is 2. The number of aryl methyl sites for hydroxylation is 2. The smallest absolute Gasteiger partial charge is 0.415 e. The van der Waals surface area contributed by atoms with Crippen LogP contribution in [-0.2, 0) is 44.3 Å². The van der Waals surface area contributed by atoms with Crippen LogP contribution in [0.25, 0.3) is 22.9 Å². The van der Waals surface area contributed by atoms with E-state index in [2.05, 4.69) is 47.3 Å². The molecule has 0 atom stereocenters. The van der Waals surface area contributed by atoms with Gasteiger partial charge in [0.2, 0.25) is 17.5 Å². The molecule has 27 heteroatoms. The lowest BCUT2D eigenvalue weighted by molar-refractivity contribution is -0.394. The van der Waals surface area contributed by atoms with Crippen molar-refractivity contribution in [2.75, 3.05) is 57.6 Å². The van der Waals surface area contributed by atoms with E-state index in [4.69, 9.17) is 48.4 Å². The number of rotatable bonds is 18. The van der Waals surface area contributed by atoms with Crippen LogP contribution in [0.4, 0.5) is 21.0 Å². The predicted octanol–water partition coefficient (Wildman–Crippen LogP) is 11.1. The van der Waals surface area contributed by atoms with E-state index >= 15 is 0 Å². The van der Waals surface area contributed by atoms with Crippen LogP contribution in [0.5, 0.6) is 11.5 Å². The van der Waals surface area contributed by atoms with Crippen molar-refractivity contribution in [3.8, 4) is 34.4 Å². The van der Waals surface area contributed by atoms with Crippen molar-refractivity contribution in [3.05, 3.63) is 191 Å². The lowest BCUT2D eigenvalue weighted by atomic mass is 10.1. The molecule has 0 saturated carbocycles. The first-order valence-corrected chi connectivity index (χ1v) is 33.9.